The van der Waals surface area contributed by atoms with Crippen LogP contribution in [0.4, 0.5) is 5.69 Å². The minimum atomic E-state index is -0.324. The zero-order chi connectivity index (χ0) is 12.7. The molecule has 0 aliphatic heterocycles. The molecule has 0 aliphatic rings. The number of carbonyl (C=O) groups excluding carboxylic acids is 2. The normalized spacial score (nSPS) is 9.47. The average molecular weight is 232 g/mol. The molecule has 0 bridgehead atoms. The van der Waals surface area contributed by atoms with Gasteiger partial charge >= 0.3 is 0 Å². The summed E-state index contributed by atoms with van der Waals surface area (Å²) in [5.41, 5.74) is 1.81. The van der Waals surface area contributed by atoms with E-state index in [9.17, 15) is 9.59 Å². The van der Waals surface area contributed by atoms with Gasteiger partial charge in [-0.1, -0.05) is 23.8 Å². The lowest BCUT2D eigenvalue weighted by Crippen LogP contribution is -2.28. The van der Waals surface area contributed by atoms with Crippen molar-refractivity contribution in [2.75, 3.05) is 11.9 Å². The summed E-state index contributed by atoms with van der Waals surface area (Å²) >= 11 is 0. The van der Waals surface area contributed by atoms with Crippen molar-refractivity contribution in [1.82, 2.24) is 5.32 Å². The van der Waals surface area contributed by atoms with E-state index in [-0.39, 0.29) is 18.2 Å². The van der Waals surface area contributed by atoms with Crippen molar-refractivity contribution in [3.63, 3.8) is 0 Å². The van der Waals surface area contributed by atoms with Gasteiger partial charge in [0.1, 0.15) is 6.42 Å². The molecule has 0 atom stereocenters. The van der Waals surface area contributed by atoms with Gasteiger partial charge in [-0.15, -0.1) is 6.58 Å². The van der Waals surface area contributed by atoms with Crippen molar-refractivity contribution in [2.24, 2.45) is 0 Å². The summed E-state index contributed by atoms with van der Waals surface area (Å²) in [6.45, 7) is 5.81. The second-order valence-corrected chi connectivity index (χ2v) is 3.68. The molecule has 0 saturated carbocycles. The van der Waals surface area contributed by atoms with Gasteiger partial charge in [-0.25, -0.2) is 0 Å². The Morgan fingerprint density at radius 3 is 2.47 bits per heavy atom. The van der Waals surface area contributed by atoms with Crippen molar-refractivity contribution in [3.8, 4) is 0 Å². The molecule has 0 fully saturated rings. The number of benzene rings is 1. The van der Waals surface area contributed by atoms with E-state index in [0.29, 0.717) is 12.2 Å². The van der Waals surface area contributed by atoms with Gasteiger partial charge in [-0.05, 0) is 19.1 Å². The smallest absolute Gasteiger partial charge is 0.233 e. The third-order valence-electron chi connectivity index (χ3n) is 2.10. The first kappa shape index (κ1) is 13.0. The van der Waals surface area contributed by atoms with Crippen LogP contribution in [0.2, 0.25) is 0 Å². The molecule has 2 amide bonds. The molecule has 4 nitrogen and oxygen atoms in total. The van der Waals surface area contributed by atoms with Crippen LogP contribution in [-0.2, 0) is 9.59 Å². The number of nitrogens with one attached hydrogen (secondary N) is 2. The fourth-order valence-electron chi connectivity index (χ4n) is 1.24. The molecule has 0 spiro atoms. The van der Waals surface area contributed by atoms with E-state index in [1.807, 2.05) is 19.1 Å². The molecule has 0 aliphatic carbocycles. The summed E-state index contributed by atoms with van der Waals surface area (Å²) in [6, 6.07) is 7.39. The number of rotatable bonds is 5. The molecule has 0 unspecified atom stereocenters. The van der Waals surface area contributed by atoms with Gasteiger partial charge in [0, 0.05) is 12.2 Å². The number of aryl methyl sites for hydroxylation is 1. The van der Waals surface area contributed by atoms with E-state index >= 15 is 0 Å². The summed E-state index contributed by atoms with van der Waals surface area (Å²) in [4.78, 5) is 22.7. The fourth-order valence-corrected chi connectivity index (χ4v) is 1.24. The number of hydrogen-bond acceptors (Lipinski definition) is 2. The number of amides is 2. The topological polar surface area (TPSA) is 58.2 Å². The van der Waals surface area contributed by atoms with Gasteiger partial charge < -0.3 is 10.6 Å². The van der Waals surface area contributed by atoms with Crippen LogP contribution in [0.1, 0.15) is 12.0 Å². The highest BCUT2D eigenvalue weighted by Gasteiger charge is 2.08. The van der Waals surface area contributed by atoms with E-state index in [0.717, 1.165) is 5.56 Å². The van der Waals surface area contributed by atoms with E-state index in [4.69, 9.17) is 0 Å². The first-order chi connectivity index (χ1) is 8.11. The van der Waals surface area contributed by atoms with Crippen LogP contribution in [0.25, 0.3) is 0 Å². The summed E-state index contributed by atoms with van der Waals surface area (Å²) < 4.78 is 0. The number of carbonyl (C=O) groups is 2. The van der Waals surface area contributed by atoms with Gasteiger partial charge in [0.05, 0.1) is 0 Å². The monoisotopic (exact) mass is 232 g/mol. The number of hydrogen-bond donors (Lipinski definition) is 2. The predicted molar refractivity (Wildman–Crippen MR) is 67.6 cm³/mol. The molecule has 1 aromatic rings. The van der Waals surface area contributed by atoms with Crippen LogP contribution in [-0.4, -0.2) is 18.4 Å². The van der Waals surface area contributed by atoms with Crippen LogP contribution in [0.3, 0.4) is 0 Å². The van der Waals surface area contributed by atoms with Crippen LogP contribution in [0, 0.1) is 6.92 Å². The standard InChI is InChI=1S/C13H16N2O2/c1-3-8-14-12(16)9-13(17)15-11-6-4-10(2)5-7-11/h3-7H,1,8-9H2,2H3,(H,14,16)(H,15,17). The molecule has 4 heteroatoms. The van der Waals surface area contributed by atoms with Crippen molar-refractivity contribution < 1.29 is 9.59 Å². The zero-order valence-corrected chi connectivity index (χ0v) is 9.82. The Morgan fingerprint density at radius 2 is 1.88 bits per heavy atom. The lowest BCUT2D eigenvalue weighted by molar-refractivity contribution is -0.126. The van der Waals surface area contributed by atoms with Crippen LogP contribution >= 0.6 is 0 Å². The SMILES string of the molecule is C=CCNC(=O)CC(=O)Nc1ccc(C)cc1. The van der Waals surface area contributed by atoms with E-state index in [1.165, 1.54) is 0 Å². The molecule has 17 heavy (non-hydrogen) atoms. The van der Waals surface area contributed by atoms with Gasteiger partial charge in [-0.3, -0.25) is 9.59 Å². The summed E-state index contributed by atoms with van der Waals surface area (Å²) in [7, 11) is 0. The molecule has 0 saturated heterocycles. The highest BCUT2D eigenvalue weighted by molar-refractivity contribution is 6.03. The molecule has 0 aromatic heterocycles. The largest absolute Gasteiger partial charge is 0.352 e. The molecule has 1 rings (SSSR count). The molecular formula is C13H16N2O2. The Hall–Kier alpha value is -2.10. The van der Waals surface area contributed by atoms with E-state index < -0.39 is 0 Å². The Balaban J connectivity index is 2.41. The lowest BCUT2D eigenvalue weighted by atomic mass is 10.2. The van der Waals surface area contributed by atoms with Crippen LogP contribution in [0.5, 0.6) is 0 Å². The number of anilines is 1. The van der Waals surface area contributed by atoms with Crippen LogP contribution in [0.15, 0.2) is 36.9 Å². The van der Waals surface area contributed by atoms with Crippen molar-refractivity contribution >= 4 is 17.5 Å². The Bertz CT molecular complexity index is 410. The zero-order valence-electron chi connectivity index (χ0n) is 9.82. The Labute approximate surface area is 101 Å². The highest BCUT2D eigenvalue weighted by atomic mass is 16.2. The first-order valence-electron chi connectivity index (χ1n) is 5.36. The molecule has 0 heterocycles. The van der Waals surface area contributed by atoms with Gasteiger partial charge in [0.2, 0.25) is 11.8 Å². The third-order valence-corrected chi connectivity index (χ3v) is 2.10. The third kappa shape index (κ3) is 4.97. The minimum absolute atomic E-state index is 0.179. The van der Waals surface area contributed by atoms with E-state index in [1.54, 1.807) is 18.2 Å². The summed E-state index contributed by atoms with van der Waals surface area (Å²) in [5, 5.41) is 5.19. The molecule has 2 N–H and O–H groups in total. The second-order valence-electron chi connectivity index (χ2n) is 3.68. The van der Waals surface area contributed by atoms with Crippen molar-refractivity contribution in [3.05, 3.63) is 42.5 Å². The molecule has 90 valence electrons. The maximum Gasteiger partial charge on any atom is 0.233 e. The second kappa shape index (κ2) is 6.48. The molecular weight excluding hydrogens is 216 g/mol. The van der Waals surface area contributed by atoms with Crippen molar-refractivity contribution in [2.45, 2.75) is 13.3 Å². The van der Waals surface area contributed by atoms with Gasteiger partial charge in [-0.2, -0.15) is 0 Å². The summed E-state index contributed by atoms with van der Waals surface area (Å²) in [6.07, 6.45) is 1.39. The van der Waals surface area contributed by atoms with E-state index in [2.05, 4.69) is 17.2 Å². The van der Waals surface area contributed by atoms with Crippen molar-refractivity contribution in [1.29, 1.82) is 0 Å². The summed E-state index contributed by atoms with van der Waals surface area (Å²) in [5.74, 6) is -0.634. The quantitative estimate of drug-likeness (QED) is 0.598. The molecule has 0 radical (unpaired) electrons. The van der Waals surface area contributed by atoms with Crippen LogP contribution < -0.4 is 10.6 Å². The van der Waals surface area contributed by atoms with Gasteiger partial charge in [0.25, 0.3) is 0 Å². The lowest BCUT2D eigenvalue weighted by Gasteiger charge is -2.05. The maximum atomic E-state index is 11.5. The molecule has 1 aromatic carbocycles. The highest BCUT2D eigenvalue weighted by Crippen LogP contribution is 2.08. The average Bonchev–Trinajstić information content (AvgIpc) is 2.29. The maximum absolute atomic E-state index is 11.5. The minimum Gasteiger partial charge on any atom is -0.352 e. The Morgan fingerprint density at radius 1 is 1.24 bits per heavy atom. The first-order valence-corrected chi connectivity index (χ1v) is 5.36. The van der Waals surface area contributed by atoms with Gasteiger partial charge in [0.15, 0.2) is 0 Å². The Kier molecular flexibility index (Phi) is 4.94. The predicted octanol–water partition coefficient (Wildman–Crippen LogP) is 1.63. The fraction of sp³-hybridized carbons (Fsp3) is 0.231.